The lowest BCUT2D eigenvalue weighted by Gasteiger charge is -2.39. The Balaban J connectivity index is 2.38. The number of likely N-dealkylation sites (N-methyl/N-ethyl adjacent to an activating group) is 1. The first-order valence-electron chi connectivity index (χ1n) is 8.99. The fourth-order valence-electron chi connectivity index (χ4n) is 3.19. The Morgan fingerprint density at radius 2 is 1.43 bits per heavy atom. The average molecular weight is 297 g/mol. The maximum atomic E-state index is 2.69. The van der Waals surface area contributed by atoms with Crippen molar-refractivity contribution in [2.45, 2.75) is 67.2 Å². The summed E-state index contributed by atoms with van der Waals surface area (Å²) >= 11 is 0. The van der Waals surface area contributed by atoms with Gasteiger partial charge in [0.1, 0.15) is 0 Å². The van der Waals surface area contributed by atoms with Gasteiger partial charge in [-0.2, -0.15) is 0 Å². The molecule has 1 aliphatic rings. The molecule has 0 radical (unpaired) electrons. The third-order valence-electron chi connectivity index (χ3n) is 5.03. The molecule has 0 amide bonds. The molecule has 21 heavy (non-hydrogen) atoms. The van der Waals surface area contributed by atoms with Crippen LogP contribution in [0.15, 0.2) is 0 Å². The zero-order valence-electron chi connectivity index (χ0n) is 15.8. The molecule has 0 bridgehead atoms. The van der Waals surface area contributed by atoms with Gasteiger partial charge in [0.25, 0.3) is 0 Å². The highest BCUT2D eigenvalue weighted by Gasteiger charge is 2.27. The molecule has 0 aromatic rings. The van der Waals surface area contributed by atoms with Crippen LogP contribution in [-0.2, 0) is 0 Å². The van der Waals surface area contributed by atoms with Gasteiger partial charge in [0.15, 0.2) is 0 Å². The Morgan fingerprint density at radius 1 is 0.857 bits per heavy atom. The number of unbranched alkanes of at least 4 members (excludes halogenated alkanes) is 1. The first-order valence-corrected chi connectivity index (χ1v) is 8.99. The Labute approximate surface area is 134 Å². The van der Waals surface area contributed by atoms with Crippen LogP contribution in [0.1, 0.15) is 67.2 Å². The summed E-state index contributed by atoms with van der Waals surface area (Å²) in [6, 6.07) is 0. The molecule has 2 heteroatoms. The molecule has 1 rings (SSSR count). The number of hydrogen-bond acceptors (Lipinski definition) is 2. The molecule has 1 unspecified atom stereocenters. The van der Waals surface area contributed by atoms with Gasteiger partial charge in [-0.1, -0.05) is 54.4 Å². The minimum absolute atomic E-state index is 0.436. The summed E-state index contributed by atoms with van der Waals surface area (Å²) in [4.78, 5) is 5.14. The van der Waals surface area contributed by atoms with Gasteiger partial charge in [-0.3, -0.25) is 0 Å². The van der Waals surface area contributed by atoms with E-state index in [0.29, 0.717) is 10.8 Å². The third-order valence-corrected chi connectivity index (χ3v) is 5.03. The van der Waals surface area contributed by atoms with E-state index >= 15 is 0 Å². The monoisotopic (exact) mass is 296 g/mol. The zero-order valence-corrected chi connectivity index (χ0v) is 15.8. The van der Waals surface area contributed by atoms with E-state index in [9.17, 15) is 0 Å². The number of piperazine rings is 1. The van der Waals surface area contributed by atoms with Crippen LogP contribution in [0.5, 0.6) is 0 Å². The second-order valence-electron chi connectivity index (χ2n) is 9.47. The molecule has 0 aliphatic carbocycles. The van der Waals surface area contributed by atoms with E-state index in [1.807, 2.05) is 0 Å². The molecule has 0 spiro atoms. The smallest absolute Gasteiger partial charge is 0.0110 e. The van der Waals surface area contributed by atoms with Crippen LogP contribution in [0.25, 0.3) is 0 Å². The normalized spacial score (nSPS) is 20.7. The largest absolute Gasteiger partial charge is 0.304 e. The lowest BCUT2D eigenvalue weighted by atomic mass is 9.77. The quantitative estimate of drug-likeness (QED) is 0.666. The first-order chi connectivity index (χ1) is 9.58. The van der Waals surface area contributed by atoms with Crippen molar-refractivity contribution in [2.75, 3.05) is 39.8 Å². The first kappa shape index (κ1) is 19.0. The van der Waals surface area contributed by atoms with E-state index in [2.05, 4.69) is 58.4 Å². The van der Waals surface area contributed by atoms with Gasteiger partial charge in [-0.25, -0.2) is 0 Å². The lowest BCUT2D eigenvalue weighted by Crippen LogP contribution is -2.47. The second kappa shape index (κ2) is 7.97. The van der Waals surface area contributed by atoms with Crippen LogP contribution in [0.4, 0.5) is 0 Å². The molecule has 1 aliphatic heterocycles. The van der Waals surface area contributed by atoms with Gasteiger partial charge in [-0.05, 0) is 36.6 Å². The molecule has 0 N–H and O–H groups in total. The summed E-state index contributed by atoms with van der Waals surface area (Å²) < 4.78 is 0. The fraction of sp³-hybridized carbons (Fsp3) is 1.00. The molecule has 1 atom stereocenters. The van der Waals surface area contributed by atoms with E-state index < -0.39 is 0 Å². The summed E-state index contributed by atoms with van der Waals surface area (Å²) in [6.07, 6.45) is 5.54. The van der Waals surface area contributed by atoms with Crippen LogP contribution in [0.3, 0.4) is 0 Å². The SMILES string of the molecule is CN1CCN(CC(CCCCC(C)(C)C)C(C)(C)C)CC1. The van der Waals surface area contributed by atoms with Crippen LogP contribution < -0.4 is 0 Å². The van der Waals surface area contributed by atoms with Crippen molar-refractivity contribution in [3.8, 4) is 0 Å². The standard InChI is InChI=1S/C19H40N2/c1-18(2,3)11-9-8-10-17(19(4,5)6)16-21-14-12-20(7)13-15-21/h17H,8-16H2,1-7H3. The average Bonchev–Trinajstić information content (AvgIpc) is 2.33. The van der Waals surface area contributed by atoms with Crippen LogP contribution >= 0.6 is 0 Å². The molecule has 1 saturated heterocycles. The summed E-state index contributed by atoms with van der Waals surface area (Å²) in [5, 5.41) is 0. The van der Waals surface area contributed by atoms with Gasteiger partial charge in [-0.15, -0.1) is 0 Å². The van der Waals surface area contributed by atoms with Gasteiger partial charge in [0, 0.05) is 32.7 Å². The molecule has 126 valence electrons. The molecule has 1 heterocycles. The Morgan fingerprint density at radius 3 is 1.90 bits per heavy atom. The van der Waals surface area contributed by atoms with Gasteiger partial charge < -0.3 is 9.80 Å². The Hall–Kier alpha value is -0.0800. The summed E-state index contributed by atoms with van der Waals surface area (Å²) in [7, 11) is 2.24. The van der Waals surface area contributed by atoms with Crippen molar-refractivity contribution >= 4 is 0 Å². The topological polar surface area (TPSA) is 6.48 Å². The van der Waals surface area contributed by atoms with Crippen LogP contribution in [0.2, 0.25) is 0 Å². The highest BCUT2D eigenvalue weighted by molar-refractivity contribution is 4.80. The highest BCUT2D eigenvalue weighted by Crippen LogP contribution is 2.32. The van der Waals surface area contributed by atoms with Crippen LogP contribution in [-0.4, -0.2) is 49.6 Å². The maximum absolute atomic E-state index is 2.69. The minimum atomic E-state index is 0.436. The van der Waals surface area contributed by atoms with Gasteiger partial charge in [0.05, 0.1) is 0 Å². The molecule has 2 nitrogen and oxygen atoms in total. The van der Waals surface area contributed by atoms with Gasteiger partial charge in [0.2, 0.25) is 0 Å². The molecular formula is C19H40N2. The van der Waals surface area contributed by atoms with E-state index in [1.165, 1.54) is 58.4 Å². The third kappa shape index (κ3) is 8.21. The van der Waals surface area contributed by atoms with Gasteiger partial charge >= 0.3 is 0 Å². The maximum Gasteiger partial charge on any atom is 0.0110 e. The minimum Gasteiger partial charge on any atom is -0.304 e. The van der Waals surface area contributed by atoms with E-state index in [4.69, 9.17) is 0 Å². The molecule has 0 aromatic heterocycles. The molecular weight excluding hydrogens is 256 g/mol. The van der Waals surface area contributed by atoms with Crippen LogP contribution in [0, 0.1) is 16.7 Å². The highest BCUT2D eigenvalue weighted by atomic mass is 15.2. The Bertz CT molecular complexity index is 277. The fourth-order valence-corrected chi connectivity index (χ4v) is 3.19. The predicted molar refractivity (Wildman–Crippen MR) is 94.8 cm³/mol. The predicted octanol–water partition coefficient (Wildman–Crippen LogP) is 4.50. The zero-order chi connectivity index (χ0) is 16.1. The molecule has 1 fully saturated rings. The summed E-state index contributed by atoms with van der Waals surface area (Å²) in [6.45, 7) is 20.6. The number of nitrogens with zero attached hydrogens (tertiary/aromatic N) is 2. The van der Waals surface area contributed by atoms with Crippen molar-refractivity contribution in [3.63, 3.8) is 0 Å². The lowest BCUT2D eigenvalue weighted by molar-refractivity contribution is 0.0945. The summed E-state index contributed by atoms with van der Waals surface area (Å²) in [5.74, 6) is 0.834. The number of hydrogen-bond donors (Lipinski definition) is 0. The van der Waals surface area contributed by atoms with E-state index in [-0.39, 0.29) is 0 Å². The number of rotatable bonds is 6. The van der Waals surface area contributed by atoms with Crippen molar-refractivity contribution in [1.29, 1.82) is 0 Å². The summed E-state index contributed by atoms with van der Waals surface area (Å²) in [5.41, 5.74) is 0.930. The van der Waals surface area contributed by atoms with Crippen molar-refractivity contribution < 1.29 is 0 Å². The Kier molecular flexibility index (Phi) is 7.19. The van der Waals surface area contributed by atoms with Crippen molar-refractivity contribution in [3.05, 3.63) is 0 Å². The molecule has 0 aromatic carbocycles. The van der Waals surface area contributed by atoms with E-state index in [1.54, 1.807) is 0 Å². The second-order valence-corrected chi connectivity index (χ2v) is 9.47. The van der Waals surface area contributed by atoms with Crippen molar-refractivity contribution in [1.82, 2.24) is 9.80 Å². The van der Waals surface area contributed by atoms with Crippen molar-refractivity contribution in [2.24, 2.45) is 16.7 Å². The molecule has 0 saturated carbocycles. The van der Waals surface area contributed by atoms with E-state index in [0.717, 1.165) is 5.92 Å².